The zero-order chi connectivity index (χ0) is 17.1. The smallest absolute Gasteiger partial charge is 0.119 e. The van der Waals surface area contributed by atoms with E-state index in [-0.39, 0.29) is 18.6 Å². The van der Waals surface area contributed by atoms with Crippen molar-refractivity contribution in [2.24, 2.45) is 11.0 Å². The van der Waals surface area contributed by atoms with Gasteiger partial charge in [-0.05, 0) is 42.0 Å². The van der Waals surface area contributed by atoms with Gasteiger partial charge in [-0.2, -0.15) is 10.4 Å². The molecular formula is C19H19N3O2. The Morgan fingerprint density at radius 1 is 1.17 bits per heavy atom. The Morgan fingerprint density at radius 3 is 2.38 bits per heavy atom. The number of aliphatic hydroxyl groups excluding tert-OH is 1. The highest BCUT2D eigenvalue weighted by Gasteiger charge is 2.35. The molecule has 1 aliphatic heterocycles. The maximum Gasteiger partial charge on any atom is 0.119 e. The first-order valence-electron chi connectivity index (χ1n) is 7.81. The second-order valence-electron chi connectivity index (χ2n) is 5.76. The van der Waals surface area contributed by atoms with E-state index in [9.17, 15) is 5.11 Å². The van der Waals surface area contributed by atoms with Crippen LogP contribution in [0, 0.1) is 17.2 Å². The first-order valence-corrected chi connectivity index (χ1v) is 7.81. The van der Waals surface area contributed by atoms with E-state index in [4.69, 9.17) is 15.1 Å². The van der Waals surface area contributed by atoms with Crippen molar-refractivity contribution in [2.45, 2.75) is 13.0 Å². The highest BCUT2D eigenvalue weighted by molar-refractivity contribution is 6.04. The minimum Gasteiger partial charge on any atom is -0.497 e. The van der Waals surface area contributed by atoms with Crippen LogP contribution in [0.4, 0.5) is 5.69 Å². The molecule has 1 aliphatic rings. The monoisotopic (exact) mass is 321 g/mol. The number of nitrogens with zero attached hydrogens (tertiary/aromatic N) is 3. The van der Waals surface area contributed by atoms with Gasteiger partial charge in [0.1, 0.15) is 5.75 Å². The van der Waals surface area contributed by atoms with Gasteiger partial charge in [-0.25, -0.2) is 0 Å². The second kappa shape index (κ2) is 6.73. The molecule has 0 saturated heterocycles. The number of nitriles is 1. The minimum absolute atomic E-state index is 0.0104. The van der Waals surface area contributed by atoms with E-state index >= 15 is 0 Å². The van der Waals surface area contributed by atoms with E-state index in [2.05, 4.69) is 13.0 Å². The molecule has 5 heteroatoms. The third-order valence-electron chi connectivity index (χ3n) is 4.37. The molecule has 1 heterocycles. The summed E-state index contributed by atoms with van der Waals surface area (Å²) in [4.78, 5) is 0. The Morgan fingerprint density at radius 2 is 1.83 bits per heavy atom. The van der Waals surface area contributed by atoms with Crippen LogP contribution in [0.5, 0.6) is 5.75 Å². The van der Waals surface area contributed by atoms with Crippen molar-refractivity contribution in [3.8, 4) is 11.8 Å². The van der Waals surface area contributed by atoms with Crippen LogP contribution in [0.3, 0.4) is 0 Å². The summed E-state index contributed by atoms with van der Waals surface area (Å²) in [5.41, 5.74) is 3.41. The van der Waals surface area contributed by atoms with E-state index in [0.717, 1.165) is 22.7 Å². The van der Waals surface area contributed by atoms with Crippen molar-refractivity contribution in [1.82, 2.24) is 0 Å². The van der Waals surface area contributed by atoms with Gasteiger partial charge >= 0.3 is 0 Å². The number of aliphatic hydroxyl groups is 1. The normalized spacial score (nSPS) is 19.8. The maximum atomic E-state index is 9.83. The van der Waals surface area contributed by atoms with E-state index in [1.165, 1.54) is 0 Å². The Labute approximate surface area is 141 Å². The van der Waals surface area contributed by atoms with Gasteiger partial charge in [-0.1, -0.05) is 19.1 Å². The molecule has 0 radical (unpaired) electrons. The highest BCUT2D eigenvalue weighted by atomic mass is 16.5. The van der Waals surface area contributed by atoms with Crippen molar-refractivity contribution in [3.05, 3.63) is 59.7 Å². The predicted molar refractivity (Wildman–Crippen MR) is 93.2 cm³/mol. The van der Waals surface area contributed by atoms with Crippen LogP contribution in [0.15, 0.2) is 53.6 Å². The SMILES string of the molecule is COc1ccc(N2N=C(c3ccc(C#N)cc3)[C@H](C)[C@@H]2CO)cc1. The summed E-state index contributed by atoms with van der Waals surface area (Å²) in [7, 11) is 1.63. The molecule has 3 rings (SSSR count). The quantitative estimate of drug-likeness (QED) is 0.940. The van der Waals surface area contributed by atoms with Crippen LogP contribution in [0.25, 0.3) is 0 Å². The first kappa shape index (κ1) is 16.0. The summed E-state index contributed by atoms with van der Waals surface area (Å²) in [5.74, 6) is 0.855. The molecule has 2 aromatic rings. The Kier molecular flexibility index (Phi) is 4.50. The lowest BCUT2D eigenvalue weighted by molar-refractivity contribution is 0.250. The average molecular weight is 321 g/mol. The van der Waals surface area contributed by atoms with Crippen molar-refractivity contribution in [2.75, 3.05) is 18.7 Å². The van der Waals surface area contributed by atoms with Gasteiger partial charge in [-0.15, -0.1) is 0 Å². The molecule has 5 nitrogen and oxygen atoms in total. The molecule has 0 fully saturated rings. The lowest BCUT2D eigenvalue weighted by Gasteiger charge is -2.24. The van der Waals surface area contributed by atoms with Crippen LogP contribution in [-0.2, 0) is 0 Å². The summed E-state index contributed by atoms with van der Waals surface area (Å²) in [6, 6.07) is 17.0. The second-order valence-corrected chi connectivity index (χ2v) is 5.76. The van der Waals surface area contributed by atoms with E-state index in [1.54, 1.807) is 19.2 Å². The van der Waals surface area contributed by atoms with Crippen LogP contribution in [-0.4, -0.2) is 30.6 Å². The number of hydrogen-bond acceptors (Lipinski definition) is 5. The molecule has 0 saturated carbocycles. The van der Waals surface area contributed by atoms with Crippen molar-refractivity contribution < 1.29 is 9.84 Å². The molecule has 0 bridgehead atoms. The standard InChI is InChI=1S/C19H19N3O2/c1-13-18(12-23)22(16-7-9-17(24-2)10-8-16)21-19(13)15-5-3-14(11-20)4-6-15/h3-10,13,18,23H,12H2,1-2H3/t13-,18+/m1/s1. The largest absolute Gasteiger partial charge is 0.497 e. The summed E-state index contributed by atoms with van der Waals surface area (Å²) in [6.07, 6.45) is 0. The molecule has 0 spiro atoms. The zero-order valence-electron chi connectivity index (χ0n) is 13.7. The minimum atomic E-state index is -0.121. The molecule has 0 amide bonds. The van der Waals surface area contributed by atoms with E-state index in [0.29, 0.717) is 5.56 Å². The summed E-state index contributed by atoms with van der Waals surface area (Å²) in [6.45, 7) is 2.07. The molecule has 1 N–H and O–H groups in total. The van der Waals surface area contributed by atoms with Gasteiger partial charge in [0.25, 0.3) is 0 Å². The van der Waals surface area contributed by atoms with Crippen LogP contribution in [0.2, 0.25) is 0 Å². The van der Waals surface area contributed by atoms with Gasteiger partial charge in [-0.3, -0.25) is 5.01 Å². The van der Waals surface area contributed by atoms with Gasteiger partial charge in [0.05, 0.1) is 42.8 Å². The molecule has 0 unspecified atom stereocenters. The fourth-order valence-electron chi connectivity index (χ4n) is 2.93. The molecule has 122 valence electrons. The van der Waals surface area contributed by atoms with E-state index < -0.39 is 0 Å². The summed E-state index contributed by atoms with van der Waals surface area (Å²) < 4.78 is 5.19. The molecule has 2 aromatic carbocycles. The predicted octanol–water partition coefficient (Wildman–Crippen LogP) is 2.79. The number of hydrogen-bond donors (Lipinski definition) is 1. The molecule has 0 aliphatic carbocycles. The number of anilines is 1. The highest BCUT2D eigenvalue weighted by Crippen LogP contribution is 2.31. The number of ether oxygens (including phenoxy) is 1. The van der Waals surface area contributed by atoms with Crippen LogP contribution >= 0.6 is 0 Å². The summed E-state index contributed by atoms with van der Waals surface area (Å²) >= 11 is 0. The number of hydrazone groups is 1. The van der Waals surface area contributed by atoms with Crippen molar-refractivity contribution in [1.29, 1.82) is 5.26 Å². The average Bonchev–Trinajstić information content (AvgIpc) is 2.98. The Hall–Kier alpha value is -2.84. The fourth-order valence-corrected chi connectivity index (χ4v) is 2.93. The lowest BCUT2D eigenvalue weighted by atomic mass is 9.93. The van der Waals surface area contributed by atoms with Gasteiger partial charge in [0.2, 0.25) is 0 Å². The third-order valence-corrected chi connectivity index (χ3v) is 4.37. The van der Waals surface area contributed by atoms with Crippen molar-refractivity contribution in [3.63, 3.8) is 0 Å². The fraction of sp³-hybridized carbons (Fsp3) is 0.263. The molecule has 0 aromatic heterocycles. The maximum absolute atomic E-state index is 9.83. The number of methoxy groups -OCH3 is 1. The van der Waals surface area contributed by atoms with E-state index in [1.807, 2.05) is 41.4 Å². The third kappa shape index (κ3) is 2.84. The lowest BCUT2D eigenvalue weighted by Crippen LogP contribution is -2.35. The zero-order valence-corrected chi connectivity index (χ0v) is 13.7. The van der Waals surface area contributed by atoms with Gasteiger partial charge in [0.15, 0.2) is 0 Å². The van der Waals surface area contributed by atoms with Crippen LogP contribution < -0.4 is 9.75 Å². The molecule has 2 atom stereocenters. The number of rotatable bonds is 4. The number of benzene rings is 2. The molecular weight excluding hydrogens is 302 g/mol. The Bertz CT molecular complexity index is 776. The van der Waals surface area contributed by atoms with Crippen LogP contribution in [0.1, 0.15) is 18.1 Å². The molecule has 24 heavy (non-hydrogen) atoms. The topological polar surface area (TPSA) is 68.8 Å². The Balaban J connectivity index is 1.95. The van der Waals surface area contributed by atoms with Gasteiger partial charge < -0.3 is 9.84 Å². The van der Waals surface area contributed by atoms with Crippen molar-refractivity contribution >= 4 is 11.4 Å². The first-order chi connectivity index (χ1) is 11.7. The summed E-state index contributed by atoms with van der Waals surface area (Å²) in [5, 5.41) is 25.4. The van der Waals surface area contributed by atoms with Gasteiger partial charge in [0, 0.05) is 5.92 Å².